The number of oxazole rings is 1. The smallest absolute Gasteiger partial charge is 0.255 e. The minimum Gasteiger partial charge on any atom is -0.493 e. The highest BCUT2D eigenvalue weighted by Gasteiger charge is 2.57. The predicted molar refractivity (Wildman–Crippen MR) is 75.7 cm³/mol. The van der Waals surface area contributed by atoms with Gasteiger partial charge in [-0.15, -0.1) is 0 Å². The minimum atomic E-state index is -2.61. The average molecular weight is 320 g/mol. The molecule has 0 amide bonds. The molecule has 0 bridgehead atoms. The van der Waals surface area contributed by atoms with Crippen molar-refractivity contribution < 1.29 is 22.3 Å². The molecule has 118 valence electrons. The van der Waals surface area contributed by atoms with E-state index in [-0.39, 0.29) is 24.6 Å². The molecule has 1 saturated carbocycles. The number of hydrogen-bond donors (Lipinski definition) is 0. The van der Waals surface area contributed by atoms with E-state index in [1.54, 1.807) is 18.2 Å². The van der Waals surface area contributed by atoms with Gasteiger partial charge in [-0.25, -0.2) is 23.1 Å². The first kappa shape index (κ1) is 14.0. The van der Waals surface area contributed by atoms with Crippen molar-refractivity contribution >= 4 is 11.1 Å². The van der Waals surface area contributed by atoms with Crippen molar-refractivity contribution in [3.63, 3.8) is 0 Å². The number of rotatable bonds is 4. The van der Waals surface area contributed by atoms with Gasteiger partial charge in [0.25, 0.3) is 5.92 Å². The number of nitrogens with zero attached hydrogens (tertiary/aromatic N) is 2. The van der Waals surface area contributed by atoms with Gasteiger partial charge in [-0.05, 0) is 24.3 Å². The molecular formula is C16H11F3N2O2. The van der Waals surface area contributed by atoms with E-state index in [9.17, 15) is 13.2 Å². The number of benzene rings is 1. The molecule has 23 heavy (non-hydrogen) atoms. The normalized spacial score (nSPS) is 19.0. The second kappa shape index (κ2) is 4.97. The zero-order valence-corrected chi connectivity index (χ0v) is 11.8. The Balaban J connectivity index is 1.58. The maximum absolute atomic E-state index is 13.7. The van der Waals surface area contributed by atoms with Crippen molar-refractivity contribution in [2.24, 2.45) is 5.92 Å². The molecule has 1 aliphatic carbocycles. The van der Waals surface area contributed by atoms with Gasteiger partial charge in [0.1, 0.15) is 11.3 Å². The lowest BCUT2D eigenvalue weighted by Crippen LogP contribution is -2.05. The zero-order valence-electron chi connectivity index (χ0n) is 11.8. The van der Waals surface area contributed by atoms with Crippen LogP contribution in [0.1, 0.15) is 6.42 Å². The molecule has 3 aromatic rings. The standard InChI is InChI=1S/C16H11F3N2O2/c17-11-2-1-5-20-14(11)15-21-12-4-3-10(6-13(12)23-15)22-8-9-7-16(9,18)19/h1-6,9H,7-8H2. The fourth-order valence-corrected chi connectivity index (χ4v) is 2.29. The molecule has 4 nitrogen and oxygen atoms in total. The highest BCUT2D eigenvalue weighted by molar-refractivity contribution is 5.77. The average Bonchev–Trinajstić information content (AvgIpc) is 2.94. The summed E-state index contributed by atoms with van der Waals surface area (Å²) in [6.07, 6.45) is 1.30. The summed E-state index contributed by atoms with van der Waals surface area (Å²) in [6.45, 7) is -0.0473. The number of alkyl halides is 2. The van der Waals surface area contributed by atoms with Crippen molar-refractivity contribution in [2.45, 2.75) is 12.3 Å². The Labute approximate surface area is 128 Å². The molecule has 4 rings (SSSR count). The lowest BCUT2D eigenvalue weighted by molar-refractivity contribution is 0.0856. The molecule has 1 atom stereocenters. The fourth-order valence-electron chi connectivity index (χ4n) is 2.29. The van der Waals surface area contributed by atoms with E-state index < -0.39 is 17.7 Å². The second-order valence-electron chi connectivity index (χ2n) is 5.46. The van der Waals surface area contributed by atoms with Crippen LogP contribution in [-0.2, 0) is 0 Å². The summed E-state index contributed by atoms with van der Waals surface area (Å²) in [5.41, 5.74) is 0.906. The lowest BCUT2D eigenvalue weighted by Gasteiger charge is -2.04. The molecule has 1 aliphatic rings. The monoisotopic (exact) mass is 320 g/mol. The molecule has 1 unspecified atom stereocenters. The lowest BCUT2D eigenvalue weighted by atomic mass is 10.3. The molecule has 1 fully saturated rings. The van der Waals surface area contributed by atoms with Gasteiger partial charge >= 0.3 is 0 Å². The van der Waals surface area contributed by atoms with Crippen LogP contribution in [0, 0.1) is 11.7 Å². The molecule has 2 aromatic heterocycles. The van der Waals surface area contributed by atoms with E-state index in [2.05, 4.69) is 9.97 Å². The third-order valence-corrected chi connectivity index (χ3v) is 3.73. The van der Waals surface area contributed by atoms with Crippen LogP contribution in [0.5, 0.6) is 5.75 Å². The first-order chi connectivity index (χ1) is 11.0. The second-order valence-corrected chi connectivity index (χ2v) is 5.46. The van der Waals surface area contributed by atoms with E-state index in [4.69, 9.17) is 9.15 Å². The van der Waals surface area contributed by atoms with Crippen molar-refractivity contribution in [3.05, 3.63) is 42.3 Å². The molecule has 0 aliphatic heterocycles. The van der Waals surface area contributed by atoms with Gasteiger partial charge in [0.15, 0.2) is 17.1 Å². The summed E-state index contributed by atoms with van der Waals surface area (Å²) < 4.78 is 50.2. The summed E-state index contributed by atoms with van der Waals surface area (Å²) in [6, 6.07) is 7.53. The van der Waals surface area contributed by atoms with Gasteiger partial charge in [-0.2, -0.15) is 0 Å². The minimum absolute atomic E-state index is 0.0174. The molecule has 0 radical (unpaired) electrons. The Morgan fingerprint density at radius 2 is 2.13 bits per heavy atom. The number of fused-ring (bicyclic) bond motifs is 1. The molecule has 2 heterocycles. The third-order valence-electron chi connectivity index (χ3n) is 3.73. The van der Waals surface area contributed by atoms with E-state index in [0.717, 1.165) is 0 Å². The van der Waals surface area contributed by atoms with Gasteiger partial charge < -0.3 is 9.15 Å². The molecule has 1 aromatic carbocycles. The van der Waals surface area contributed by atoms with Gasteiger partial charge in [-0.3, -0.25) is 0 Å². The van der Waals surface area contributed by atoms with Gasteiger partial charge in [0, 0.05) is 18.7 Å². The van der Waals surface area contributed by atoms with E-state index in [1.807, 2.05) is 0 Å². The van der Waals surface area contributed by atoms with Crippen LogP contribution < -0.4 is 4.74 Å². The highest BCUT2D eigenvalue weighted by Crippen LogP contribution is 2.48. The van der Waals surface area contributed by atoms with Gasteiger partial charge in [-0.1, -0.05) is 0 Å². The van der Waals surface area contributed by atoms with Crippen molar-refractivity contribution in [1.29, 1.82) is 0 Å². The van der Waals surface area contributed by atoms with Gasteiger partial charge in [0.05, 0.1) is 12.5 Å². The van der Waals surface area contributed by atoms with Crippen molar-refractivity contribution in [3.8, 4) is 17.3 Å². The predicted octanol–water partition coefficient (Wildman–Crippen LogP) is 4.06. The van der Waals surface area contributed by atoms with Crippen LogP contribution in [0.4, 0.5) is 13.2 Å². The Hall–Kier alpha value is -2.57. The number of ether oxygens (including phenoxy) is 1. The topological polar surface area (TPSA) is 48.2 Å². The molecule has 0 saturated heterocycles. The Morgan fingerprint density at radius 1 is 1.30 bits per heavy atom. The van der Waals surface area contributed by atoms with E-state index in [0.29, 0.717) is 16.8 Å². The van der Waals surface area contributed by atoms with Crippen LogP contribution in [0.3, 0.4) is 0 Å². The number of pyridine rings is 1. The fraction of sp³-hybridized carbons (Fsp3) is 0.250. The summed E-state index contributed by atoms with van der Waals surface area (Å²) in [5.74, 6) is -3.41. The van der Waals surface area contributed by atoms with Crippen LogP contribution in [0.15, 0.2) is 40.9 Å². The van der Waals surface area contributed by atoms with Crippen LogP contribution in [-0.4, -0.2) is 22.5 Å². The Bertz CT molecular complexity index is 879. The van der Waals surface area contributed by atoms with Crippen molar-refractivity contribution in [2.75, 3.05) is 6.61 Å². The van der Waals surface area contributed by atoms with E-state index >= 15 is 0 Å². The van der Waals surface area contributed by atoms with Gasteiger partial charge in [0.2, 0.25) is 5.89 Å². The van der Waals surface area contributed by atoms with Crippen molar-refractivity contribution in [1.82, 2.24) is 9.97 Å². The summed E-state index contributed by atoms with van der Waals surface area (Å²) in [4.78, 5) is 8.07. The number of hydrogen-bond acceptors (Lipinski definition) is 4. The van der Waals surface area contributed by atoms with Crippen LogP contribution in [0.2, 0.25) is 0 Å². The first-order valence-electron chi connectivity index (χ1n) is 7.05. The third kappa shape index (κ3) is 2.62. The SMILES string of the molecule is Fc1cccnc1-c1nc2ccc(OCC3CC3(F)F)cc2o1. The molecule has 0 N–H and O–H groups in total. The summed E-state index contributed by atoms with van der Waals surface area (Å²) >= 11 is 0. The van der Waals surface area contributed by atoms with E-state index in [1.165, 1.54) is 18.3 Å². The summed E-state index contributed by atoms with van der Waals surface area (Å²) in [7, 11) is 0. The number of halogens is 3. The zero-order chi connectivity index (χ0) is 16.0. The maximum atomic E-state index is 13.7. The number of aromatic nitrogens is 2. The molecule has 0 spiro atoms. The Kier molecular flexibility index (Phi) is 3.04. The maximum Gasteiger partial charge on any atom is 0.255 e. The summed E-state index contributed by atoms with van der Waals surface area (Å²) in [5, 5.41) is 0. The Morgan fingerprint density at radius 3 is 2.87 bits per heavy atom. The largest absolute Gasteiger partial charge is 0.493 e. The van der Waals surface area contributed by atoms with Crippen LogP contribution >= 0.6 is 0 Å². The first-order valence-corrected chi connectivity index (χ1v) is 7.05. The quantitative estimate of drug-likeness (QED) is 0.727. The van der Waals surface area contributed by atoms with Crippen LogP contribution in [0.25, 0.3) is 22.7 Å². The molecule has 7 heteroatoms. The highest BCUT2D eigenvalue weighted by atomic mass is 19.3. The molecular weight excluding hydrogens is 309 g/mol.